The summed E-state index contributed by atoms with van der Waals surface area (Å²) in [6.45, 7) is 3.65. The normalized spacial score (nSPS) is 15.8. The minimum absolute atomic E-state index is 0.0198. The highest BCUT2D eigenvalue weighted by molar-refractivity contribution is 5.89. The van der Waals surface area contributed by atoms with Crippen molar-refractivity contribution in [1.29, 1.82) is 0 Å². The van der Waals surface area contributed by atoms with Crippen molar-refractivity contribution >= 4 is 11.8 Å². The molecule has 0 spiro atoms. The minimum Gasteiger partial charge on any atom is -0.345 e. The lowest BCUT2D eigenvalue weighted by Crippen LogP contribution is -2.35. The van der Waals surface area contributed by atoms with E-state index in [1.807, 2.05) is 37.3 Å². The molecule has 0 bridgehead atoms. The molecule has 172 valence electrons. The first-order valence-electron chi connectivity index (χ1n) is 11.3. The summed E-state index contributed by atoms with van der Waals surface area (Å²) < 4.78 is 13.1. The van der Waals surface area contributed by atoms with E-state index < -0.39 is 0 Å². The molecule has 1 aliphatic rings. The molecule has 1 saturated heterocycles. The molecule has 1 unspecified atom stereocenters. The summed E-state index contributed by atoms with van der Waals surface area (Å²) in [4.78, 5) is 28.8. The van der Waals surface area contributed by atoms with Gasteiger partial charge >= 0.3 is 0 Å². The Morgan fingerprint density at radius 2 is 1.91 bits per heavy atom. The second-order valence-corrected chi connectivity index (χ2v) is 8.81. The largest absolute Gasteiger partial charge is 0.345 e. The van der Waals surface area contributed by atoms with Gasteiger partial charge in [0.1, 0.15) is 5.82 Å². The Labute approximate surface area is 193 Å². The van der Waals surface area contributed by atoms with Crippen molar-refractivity contribution < 1.29 is 14.0 Å². The maximum Gasteiger partial charge on any atom is 0.227 e. The average Bonchev–Trinajstić information content (AvgIpc) is 3.42. The first kappa shape index (κ1) is 22.7. The van der Waals surface area contributed by atoms with Crippen molar-refractivity contribution in [3.63, 3.8) is 0 Å². The third-order valence-corrected chi connectivity index (χ3v) is 6.14. The van der Waals surface area contributed by atoms with Gasteiger partial charge in [0.05, 0.1) is 11.6 Å². The number of carbonyl (C=O) groups is 2. The fourth-order valence-electron chi connectivity index (χ4n) is 4.19. The Balaban J connectivity index is 1.24. The van der Waals surface area contributed by atoms with E-state index in [0.717, 1.165) is 35.4 Å². The standard InChI is InChI=1S/C26H29FN4O2/c1-18-5-7-19(8-6-18)16-31-17-21(14-25(31)32)26(33)30(2)13-3-4-23-15-24(29-28-23)20-9-11-22(27)12-10-20/h5-12,15,21H,3-4,13-14,16-17H2,1-2H3,(H,28,29). The highest BCUT2D eigenvalue weighted by Gasteiger charge is 2.35. The fourth-order valence-corrected chi connectivity index (χ4v) is 4.19. The number of amides is 2. The lowest BCUT2D eigenvalue weighted by molar-refractivity contribution is -0.134. The number of hydrogen-bond acceptors (Lipinski definition) is 3. The van der Waals surface area contributed by atoms with Crippen LogP contribution < -0.4 is 0 Å². The van der Waals surface area contributed by atoms with Crippen LogP contribution in [0.4, 0.5) is 4.39 Å². The van der Waals surface area contributed by atoms with Gasteiger partial charge in [0.25, 0.3) is 0 Å². The van der Waals surface area contributed by atoms with Gasteiger partial charge in [-0.25, -0.2) is 4.39 Å². The van der Waals surface area contributed by atoms with Crippen molar-refractivity contribution in [2.24, 2.45) is 5.92 Å². The van der Waals surface area contributed by atoms with Gasteiger partial charge in [0, 0.05) is 44.4 Å². The number of aromatic nitrogens is 2. The molecular formula is C26H29FN4O2. The van der Waals surface area contributed by atoms with Crippen LogP contribution in [0, 0.1) is 18.7 Å². The highest BCUT2D eigenvalue weighted by atomic mass is 19.1. The highest BCUT2D eigenvalue weighted by Crippen LogP contribution is 2.23. The summed E-state index contributed by atoms with van der Waals surface area (Å²) in [6.07, 6.45) is 1.80. The first-order chi connectivity index (χ1) is 15.9. The van der Waals surface area contributed by atoms with E-state index in [-0.39, 0.29) is 30.0 Å². The van der Waals surface area contributed by atoms with E-state index in [1.165, 1.54) is 17.7 Å². The van der Waals surface area contributed by atoms with E-state index in [9.17, 15) is 14.0 Å². The number of carbonyl (C=O) groups excluding carboxylic acids is 2. The lowest BCUT2D eigenvalue weighted by atomic mass is 10.1. The zero-order chi connectivity index (χ0) is 23.4. The summed E-state index contributed by atoms with van der Waals surface area (Å²) in [5, 5.41) is 7.31. The van der Waals surface area contributed by atoms with Crippen LogP contribution in [0.5, 0.6) is 0 Å². The van der Waals surface area contributed by atoms with Crippen molar-refractivity contribution in [3.8, 4) is 11.3 Å². The molecule has 2 heterocycles. The lowest BCUT2D eigenvalue weighted by Gasteiger charge is -2.21. The van der Waals surface area contributed by atoms with E-state index in [2.05, 4.69) is 10.2 Å². The number of nitrogens with one attached hydrogen (secondary N) is 1. The van der Waals surface area contributed by atoms with E-state index in [0.29, 0.717) is 19.6 Å². The number of H-pyrrole nitrogens is 1. The molecule has 0 radical (unpaired) electrons. The molecule has 33 heavy (non-hydrogen) atoms. The molecule has 1 N–H and O–H groups in total. The number of rotatable bonds is 8. The van der Waals surface area contributed by atoms with Crippen LogP contribution in [0.1, 0.15) is 29.7 Å². The van der Waals surface area contributed by atoms with Gasteiger partial charge in [-0.3, -0.25) is 14.7 Å². The average molecular weight is 449 g/mol. The third kappa shape index (κ3) is 5.66. The van der Waals surface area contributed by atoms with Gasteiger partial charge in [-0.2, -0.15) is 5.10 Å². The summed E-state index contributed by atoms with van der Waals surface area (Å²) in [5.41, 5.74) is 4.85. The van der Waals surface area contributed by atoms with Crippen LogP contribution in [0.2, 0.25) is 0 Å². The topological polar surface area (TPSA) is 69.3 Å². The molecule has 1 aromatic heterocycles. The van der Waals surface area contributed by atoms with E-state index >= 15 is 0 Å². The maximum absolute atomic E-state index is 13.1. The number of benzene rings is 2. The van der Waals surface area contributed by atoms with E-state index in [1.54, 1.807) is 29.0 Å². The van der Waals surface area contributed by atoms with Gasteiger partial charge in [0.15, 0.2) is 0 Å². The number of likely N-dealkylation sites (tertiary alicyclic amines) is 1. The SMILES string of the molecule is Cc1ccc(CN2CC(C(=O)N(C)CCCc3cc(-c4ccc(F)cc4)n[nH]3)CC2=O)cc1. The Kier molecular flexibility index (Phi) is 6.87. The second-order valence-electron chi connectivity index (χ2n) is 8.81. The van der Waals surface area contributed by atoms with Crippen molar-refractivity contribution in [2.45, 2.75) is 32.7 Å². The smallest absolute Gasteiger partial charge is 0.227 e. The zero-order valence-electron chi connectivity index (χ0n) is 19.1. The molecule has 0 saturated carbocycles. The number of hydrogen-bond donors (Lipinski definition) is 1. The van der Waals surface area contributed by atoms with Gasteiger partial charge in [0.2, 0.25) is 11.8 Å². The van der Waals surface area contributed by atoms with Crippen molar-refractivity contribution in [1.82, 2.24) is 20.0 Å². The molecule has 0 aliphatic carbocycles. The number of aryl methyl sites for hydroxylation is 2. The predicted octanol–water partition coefficient (Wildman–Crippen LogP) is 3.96. The third-order valence-electron chi connectivity index (χ3n) is 6.14. The van der Waals surface area contributed by atoms with Crippen LogP contribution in [0.25, 0.3) is 11.3 Å². The monoisotopic (exact) mass is 448 g/mol. The van der Waals surface area contributed by atoms with E-state index in [4.69, 9.17) is 0 Å². The predicted molar refractivity (Wildman–Crippen MR) is 125 cm³/mol. The van der Waals surface area contributed by atoms with Gasteiger partial charge < -0.3 is 9.80 Å². The molecule has 1 fully saturated rings. The number of aromatic amines is 1. The molecular weight excluding hydrogens is 419 g/mol. The van der Waals surface area contributed by atoms with Crippen LogP contribution in [-0.2, 0) is 22.6 Å². The number of halogens is 1. The molecule has 7 heteroatoms. The Bertz CT molecular complexity index is 1110. The molecule has 6 nitrogen and oxygen atoms in total. The summed E-state index contributed by atoms with van der Waals surface area (Å²) in [5.74, 6) is -0.505. The van der Waals surface area contributed by atoms with Crippen molar-refractivity contribution in [2.75, 3.05) is 20.1 Å². The summed E-state index contributed by atoms with van der Waals surface area (Å²) in [7, 11) is 1.80. The first-order valence-corrected chi connectivity index (χ1v) is 11.3. The Morgan fingerprint density at radius 1 is 1.18 bits per heavy atom. The number of nitrogens with zero attached hydrogens (tertiary/aromatic N) is 3. The van der Waals surface area contributed by atoms with Crippen LogP contribution >= 0.6 is 0 Å². The minimum atomic E-state index is -0.287. The fraction of sp³-hybridized carbons (Fsp3) is 0.346. The molecule has 4 rings (SSSR count). The van der Waals surface area contributed by atoms with Crippen molar-refractivity contribution in [3.05, 3.63) is 77.2 Å². The zero-order valence-corrected chi connectivity index (χ0v) is 19.1. The van der Waals surface area contributed by atoms with Crippen LogP contribution in [0.3, 0.4) is 0 Å². The second kappa shape index (κ2) is 9.98. The molecule has 3 aromatic rings. The molecule has 2 amide bonds. The summed E-state index contributed by atoms with van der Waals surface area (Å²) >= 11 is 0. The molecule has 2 aromatic carbocycles. The Hall–Kier alpha value is -3.48. The maximum atomic E-state index is 13.1. The molecule has 1 aliphatic heterocycles. The van der Waals surface area contributed by atoms with Gasteiger partial charge in [-0.15, -0.1) is 0 Å². The van der Waals surface area contributed by atoms with Gasteiger partial charge in [-0.1, -0.05) is 29.8 Å². The van der Waals surface area contributed by atoms with Crippen LogP contribution in [-0.4, -0.2) is 51.9 Å². The Morgan fingerprint density at radius 3 is 2.64 bits per heavy atom. The molecule has 1 atom stereocenters. The van der Waals surface area contributed by atoms with Gasteiger partial charge in [-0.05, 0) is 55.7 Å². The quantitative estimate of drug-likeness (QED) is 0.567. The summed E-state index contributed by atoms with van der Waals surface area (Å²) in [6, 6.07) is 16.3. The van der Waals surface area contributed by atoms with Crippen LogP contribution in [0.15, 0.2) is 54.6 Å².